The number of aromatic hydroxyl groups is 1. The zero-order valence-electron chi connectivity index (χ0n) is 26.7. The van der Waals surface area contributed by atoms with Gasteiger partial charge in [-0.05, 0) is 91.8 Å². The minimum Gasteiger partial charge on any atom is -0.507 e. The largest absolute Gasteiger partial charge is 0.507 e. The van der Waals surface area contributed by atoms with Crippen molar-refractivity contribution in [3.05, 3.63) is 75.3 Å². The number of carbonyl (C=O) groups excluding carboxylic acids is 2. The van der Waals surface area contributed by atoms with E-state index >= 15 is 0 Å². The molecule has 0 atom stereocenters. The number of phenolic OH excluding ortho intramolecular Hbond substituents is 1. The normalized spacial score (nSPS) is 12.2. The van der Waals surface area contributed by atoms with Gasteiger partial charge in [-0.1, -0.05) is 53.7 Å². The predicted molar refractivity (Wildman–Crippen MR) is 179 cm³/mol. The topological polar surface area (TPSA) is 143 Å². The molecule has 0 aliphatic rings. The Balaban J connectivity index is 1.70. The first-order chi connectivity index (χ1) is 20.8. The average molecular weight is 703 g/mol. The predicted octanol–water partition coefficient (Wildman–Crippen LogP) is 6.57. The van der Waals surface area contributed by atoms with Gasteiger partial charge in [0.25, 0.3) is 0 Å². The summed E-state index contributed by atoms with van der Waals surface area (Å²) in [5, 5.41) is 17.6. The molecule has 0 bridgehead atoms. The summed E-state index contributed by atoms with van der Waals surface area (Å²) in [6.07, 6.45) is 2.04. The number of phenols is 1. The van der Waals surface area contributed by atoms with E-state index in [1.807, 2.05) is 53.7 Å². The van der Waals surface area contributed by atoms with Crippen LogP contribution in [0.4, 0.5) is 5.69 Å². The molecule has 10 nitrogen and oxygen atoms in total. The molecule has 0 fully saturated rings. The van der Waals surface area contributed by atoms with Crippen molar-refractivity contribution in [2.75, 3.05) is 12.4 Å². The molecule has 3 rings (SSSR count). The van der Waals surface area contributed by atoms with Gasteiger partial charge in [-0.2, -0.15) is 13.5 Å². The van der Waals surface area contributed by atoms with Gasteiger partial charge in [0.15, 0.2) is 11.5 Å². The SMILES string of the molecule is COc1cc(/C=N\NC(=O)CCc2cc(C(C)(C)C)c(O)c(C(C)(C)C)c2)cc(Br)c1OS(=O)(=O)c1ccc(NC(C)=O)cc1. The second-order valence-corrected chi connectivity index (χ2v) is 15.0. The molecule has 0 saturated carbocycles. The number of hydrazone groups is 1. The Morgan fingerprint density at radius 3 is 2.07 bits per heavy atom. The lowest BCUT2D eigenvalue weighted by atomic mass is 9.78. The maximum absolute atomic E-state index is 12.9. The number of hydrogen-bond acceptors (Lipinski definition) is 8. The van der Waals surface area contributed by atoms with Gasteiger partial charge in [-0.3, -0.25) is 9.59 Å². The van der Waals surface area contributed by atoms with Crippen LogP contribution in [0.2, 0.25) is 0 Å². The first-order valence-corrected chi connectivity index (χ1v) is 16.4. The summed E-state index contributed by atoms with van der Waals surface area (Å²) in [7, 11) is -2.87. The van der Waals surface area contributed by atoms with Gasteiger partial charge >= 0.3 is 10.1 Å². The Hall–Kier alpha value is -3.90. The molecule has 242 valence electrons. The third-order valence-corrected chi connectivity index (χ3v) is 8.56. The van der Waals surface area contributed by atoms with Crippen molar-refractivity contribution >= 4 is 49.8 Å². The van der Waals surface area contributed by atoms with Crippen molar-refractivity contribution < 1.29 is 32.0 Å². The van der Waals surface area contributed by atoms with Crippen molar-refractivity contribution in [1.82, 2.24) is 5.43 Å². The molecule has 0 radical (unpaired) electrons. The quantitative estimate of drug-likeness (QED) is 0.123. The molecule has 0 unspecified atom stereocenters. The molecule has 0 aromatic heterocycles. The molecule has 0 heterocycles. The summed E-state index contributed by atoms with van der Waals surface area (Å²) >= 11 is 3.33. The zero-order valence-corrected chi connectivity index (χ0v) is 29.1. The number of anilines is 1. The number of hydrogen-bond donors (Lipinski definition) is 3. The molecule has 0 aliphatic heterocycles. The number of ether oxygens (including phenoxy) is 1. The highest BCUT2D eigenvalue weighted by Gasteiger charge is 2.27. The van der Waals surface area contributed by atoms with Gasteiger partial charge in [0, 0.05) is 19.0 Å². The molecular formula is C33H40BrN3O7S. The number of rotatable bonds is 10. The lowest BCUT2D eigenvalue weighted by Gasteiger charge is -2.28. The van der Waals surface area contributed by atoms with Crippen LogP contribution in [0, 0.1) is 0 Å². The average Bonchev–Trinajstić information content (AvgIpc) is 2.92. The van der Waals surface area contributed by atoms with E-state index in [9.17, 15) is 23.1 Å². The minimum absolute atomic E-state index is 0.0669. The van der Waals surface area contributed by atoms with Gasteiger partial charge in [-0.25, -0.2) is 5.43 Å². The Kier molecular flexibility index (Phi) is 11.1. The number of carbonyl (C=O) groups is 2. The maximum Gasteiger partial charge on any atom is 0.339 e. The minimum atomic E-state index is -4.24. The first-order valence-electron chi connectivity index (χ1n) is 14.2. The van der Waals surface area contributed by atoms with E-state index in [4.69, 9.17) is 8.92 Å². The van der Waals surface area contributed by atoms with Crippen LogP contribution in [0.5, 0.6) is 17.2 Å². The molecule has 3 aromatic carbocycles. The van der Waals surface area contributed by atoms with E-state index < -0.39 is 10.1 Å². The Morgan fingerprint density at radius 1 is 0.978 bits per heavy atom. The number of methoxy groups -OCH3 is 1. The lowest BCUT2D eigenvalue weighted by molar-refractivity contribution is -0.121. The van der Waals surface area contributed by atoms with Gasteiger partial charge in [0.05, 0.1) is 17.8 Å². The molecule has 12 heteroatoms. The van der Waals surface area contributed by atoms with Crippen LogP contribution >= 0.6 is 15.9 Å². The van der Waals surface area contributed by atoms with Crippen LogP contribution in [0.3, 0.4) is 0 Å². The molecule has 3 aromatic rings. The van der Waals surface area contributed by atoms with E-state index in [2.05, 4.69) is 31.8 Å². The second-order valence-electron chi connectivity index (χ2n) is 12.6. The number of halogens is 1. The van der Waals surface area contributed by atoms with Crippen molar-refractivity contribution in [2.45, 2.75) is 77.0 Å². The summed E-state index contributed by atoms with van der Waals surface area (Å²) in [5.74, 6) is -0.233. The Labute approximate surface area is 273 Å². The summed E-state index contributed by atoms with van der Waals surface area (Å²) in [6, 6.07) is 12.5. The lowest BCUT2D eigenvalue weighted by Crippen LogP contribution is -2.20. The van der Waals surface area contributed by atoms with Crippen molar-refractivity contribution in [2.24, 2.45) is 5.10 Å². The summed E-state index contributed by atoms with van der Waals surface area (Å²) in [4.78, 5) is 23.7. The van der Waals surface area contributed by atoms with Crippen LogP contribution in [0.15, 0.2) is 63.0 Å². The summed E-state index contributed by atoms with van der Waals surface area (Å²) < 4.78 is 36.9. The van der Waals surface area contributed by atoms with E-state index in [0.29, 0.717) is 23.4 Å². The van der Waals surface area contributed by atoms with Crippen LogP contribution in [0.1, 0.15) is 77.1 Å². The monoisotopic (exact) mass is 701 g/mol. The van der Waals surface area contributed by atoms with Crippen LogP contribution in [-0.4, -0.2) is 38.7 Å². The van der Waals surface area contributed by atoms with Gasteiger partial charge in [0.1, 0.15) is 10.6 Å². The van der Waals surface area contributed by atoms with E-state index in [-0.39, 0.29) is 49.9 Å². The molecule has 0 spiro atoms. The molecule has 45 heavy (non-hydrogen) atoms. The van der Waals surface area contributed by atoms with Crippen LogP contribution < -0.4 is 19.7 Å². The number of amides is 2. The Morgan fingerprint density at radius 2 is 1.56 bits per heavy atom. The van der Waals surface area contributed by atoms with Crippen molar-refractivity contribution in [3.8, 4) is 17.2 Å². The first kappa shape index (κ1) is 35.6. The highest BCUT2D eigenvalue weighted by atomic mass is 79.9. The maximum atomic E-state index is 12.9. The van der Waals surface area contributed by atoms with Crippen LogP contribution in [-0.2, 0) is 37.0 Å². The van der Waals surface area contributed by atoms with Gasteiger partial charge in [-0.15, -0.1) is 0 Å². The van der Waals surface area contributed by atoms with Crippen molar-refractivity contribution in [3.63, 3.8) is 0 Å². The Bertz CT molecular complexity index is 1670. The van der Waals surface area contributed by atoms with E-state index in [1.165, 1.54) is 50.6 Å². The molecule has 0 saturated heterocycles. The summed E-state index contributed by atoms with van der Waals surface area (Å²) in [5.41, 5.74) is 5.55. The number of nitrogens with zero attached hydrogens (tertiary/aromatic N) is 1. The number of aryl methyl sites for hydroxylation is 1. The highest BCUT2D eigenvalue weighted by Crippen LogP contribution is 2.40. The molecular weight excluding hydrogens is 662 g/mol. The summed E-state index contributed by atoms with van der Waals surface area (Å²) in [6.45, 7) is 13.6. The van der Waals surface area contributed by atoms with E-state index in [1.54, 1.807) is 6.07 Å². The van der Waals surface area contributed by atoms with Gasteiger partial charge in [0.2, 0.25) is 11.8 Å². The zero-order chi connectivity index (χ0) is 33.7. The molecule has 2 amide bonds. The second kappa shape index (κ2) is 14.0. The number of nitrogens with one attached hydrogen (secondary N) is 2. The third-order valence-electron chi connectivity index (χ3n) is 6.74. The van der Waals surface area contributed by atoms with Crippen molar-refractivity contribution in [1.29, 1.82) is 0 Å². The molecule has 0 aliphatic carbocycles. The standard InChI is InChI=1S/C33H40BrN3O7S/c1-20(38)36-23-10-12-24(13-11-23)45(41,42)44-31-27(34)17-22(18-28(31)43-8)19-35-37-29(39)14-9-21-15-25(32(2,3)4)30(40)26(16-21)33(5,6)7/h10-13,15-19,40H,9,14H2,1-8H3,(H,36,38)(H,37,39)/b35-19-. The number of benzene rings is 3. The van der Waals surface area contributed by atoms with E-state index in [0.717, 1.165) is 16.7 Å². The van der Waals surface area contributed by atoms with Gasteiger partial charge < -0.3 is 19.3 Å². The third kappa shape index (κ3) is 9.54. The molecule has 3 N–H and O–H groups in total. The smallest absolute Gasteiger partial charge is 0.339 e. The van der Waals surface area contributed by atoms with Crippen LogP contribution in [0.25, 0.3) is 0 Å². The fraction of sp³-hybridized carbons (Fsp3) is 0.364. The fourth-order valence-corrected chi connectivity index (χ4v) is 6.04. The highest BCUT2D eigenvalue weighted by molar-refractivity contribution is 9.10. The fourth-order valence-electron chi connectivity index (χ4n) is 4.44.